The smallest absolute Gasteiger partial charge is 0.261 e. The molecule has 0 spiro atoms. The molecule has 0 saturated heterocycles. The van der Waals surface area contributed by atoms with Crippen LogP contribution in [0.1, 0.15) is 49.0 Å². The molecule has 1 aliphatic rings. The van der Waals surface area contributed by atoms with Crippen LogP contribution in [0.3, 0.4) is 0 Å². The summed E-state index contributed by atoms with van der Waals surface area (Å²) >= 11 is 0. The van der Waals surface area contributed by atoms with Crippen molar-refractivity contribution in [3.05, 3.63) is 41.0 Å². The minimum Gasteiger partial charge on any atom is -0.481 e. The molecular formula is C19H26N4O2. The molecule has 0 bridgehead atoms. The molecular weight excluding hydrogens is 316 g/mol. The Labute approximate surface area is 148 Å². The summed E-state index contributed by atoms with van der Waals surface area (Å²) in [4.78, 5) is 12.4. The monoisotopic (exact) mass is 342 g/mol. The number of aromatic nitrogens is 3. The highest BCUT2D eigenvalue weighted by Gasteiger charge is 2.19. The number of aryl methyl sites for hydroxylation is 2. The standard InChI is InChI=1S/C19H26N4O2/c1-13-8-7-9-16(14(13)2)25-15(3)19(24)20-12-18-22-21-17-10-5-4-6-11-23(17)18/h7-9,15H,4-6,10-12H2,1-3H3,(H,20,24). The highest BCUT2D eigenvalue weighted by molar-refractivity contribution is 5.80. The number of rotatable bonds is 5. The minimum atomic E-state index is -0.563. The van der Waals surface area contributed by atoms with E-state index in [1.165, 1.54) is 6.42 Å². The van der Waals surface area contributed by atoms with Crippen LogP contribution in [0.2, 0.25) is 0 Å². The second-order valence-electron chi connectivity index (χ2n) is 6.67. The first-order valence-corrected chi connectivity index (χ1v) is 8.98. The van der Waals surface area contributed by atoms with Crippen molar-refractivity contribution in [2.24, 2.45) is 0 Å². The van der Waals surface area contributed by atoms with Crippen LogP contribution in [-0.4, -0.2) is 26.8 Å². The molecule has 0 saturated carbocycles. The lowest BCUT2D eigenvalue weighted by Gasteiger charge is -2.17. The average molecular weight is 342 g/mol. The van der Waals surface area contributed by atoms with Crippen LogP contribution in [0, 0.1) is 13.8 Å². The van der Waals surface area contributed by atoms with Crippen LogP contribution >= 0.6 is 0 Å². The van der Waals surface area contributed by atoms with Gasteiger partial charge in [0.2, 0.25) is 0 Å². The number of benzene rings is 1. The van der Waals surface area contributed by atoms with Gasteiger partial charge in [-0.15, -0.1) is 10.2 Å². The fourth-order valence-electron chi connectivity index (χ4n) is 3.08. The Balaban J connectivity index is 1.59. The molecule has 1 unspecified atom stereocenters. The SMILES string of the molecule is Cc1cccc(OC(C)C(=O)NCc2nnc3n2CCCCC3)c1C. The number of carbonyl (C=O) groups is 1. The first-order chi connectivity index (χ1) is 12.1. The van der Waals surface area contributed by atoms with Gasteiger partial charge in [-0.25, -0.2) is 0 Å². The van der Waals surface area contributed by atoms with E-state index >= 15 is 0 Å². The molecule has 0 radical (unpaired) electrons. The van der Waals surface area contributed by atoms with Gasteiger partial charge >= 0.3 is 0 Å². The van der Waals surface area contributed by atoms with Gasteiger partial charge < -0.3 is 14.6 Å². The number of hydrogen-bond donors (Lipinski definition) is 1. The second kappa shape index (κ2) is 7.68. The summed E-state index contributed by atoms with van der Waals surface area (Å²) in [5, 5.41) is 11.4. The van der Waals surface area contributed by atoms with Crippen molar-refractivity contribution in [1.82, 2.24) is 20.1 Å². The molecule has 1 atom stereocenters. The van der Waals surface area contributed by atoms with Crippen molar-refractivity contribution in [1.29, 1.82) is 0 Å². The topological polar surface area (TPSA) is 69.0 Å². The normalized spacial score (nSPS) is 15.2. The van der Waals surface area contributed by atoms with E-state index in [-0.39, 0.29) is 5.91 Å². The number of hydrogen-bond acceptors (Lipinski definition) is 4. The Hall–Kier alpha value is -2.37. The first kappa shape index (κ1) is 17.5. The van der Waals surface area contributed by atoms with Crippen LogP contribution in [0.4, 0.5) is 0 Å². The lowest BCUT2D eigenvalue weighted by atomic mass is 10.1. The van der Waals surface area contributed by atoms with Gasteiger partial charge in [0.05, 0.1) is 6.54 Å². The highest BCUT2D eigenvalue weighted by Crippen LogP contribution is 2.21. The van der Waals surface area contributed by atoms with E-state index < -0.39 is 6.10 Å². The third-order valence-electron chi connectivity index (χ3n) is 4.83. The van der Waals surface area contributed by atoms with Gasteiger partial charge in [0, 0.05) is 13.0 Å². The number of nitrogens with one attached hydrogen (secondary N) is 1. The third-order valence-corrected chi connectivity index (χ3v) is 4.83. The van der Waals surface area contributed by atoms with Crippen molar-refractivity contribution in [3.8, 4) is 5.75 Å². The zero-order valence-electron chi connectivity index (χ0n) is 15.2. The first-order valence-electron chi connectivity index (χ1n) is 8.98. The summed E-state index contributed by atoms with van der Waals surface area (Å²) in [5.41, 5.74) is 2.21. The van der Waals surface area contributed by atoms with Gasteiger partial charge in [0.15, 0.2) is 11.9 Å². The maximum absolute atomic E-state index is 12.4. The van der Waals surface area contributed by atoms with Crippen molar-refractivity contribution < 1.29 is 9.53 Å². The summed E-state index contributed by atoms with van der Waals surface area (Å²) in [6.45, 7) is 7.11. The lowest BCUT2D eigenvalue weighted by molar-refractivity contribution is -0.127. The van der Waals surface area contributed by atoms with Gasteiger partial charge in [0.25, 0.3) is 5.91 Å². The maximum atomic E-state index is 12.4. The van der Waals surface area contributed by atoms with E-state index in [9.17, 15) is 4.79 Å². The third kappa shape index (κ3) is 4.00. The molecule has 1 aromatic carbocycles. The summed E-state index contributed by atoms with van der Waals surface area (Å²) in [5.74, 6) is 2.46. The number of fused-ring (bicyclic) bond motifs is 1. The molecule has 1 amide bonds. The molecule has 1 aliphatic heterocycles. The van der Waals surface area contributed by atoms with Crippen LogP contribution in [-0.2, 0) is 24.3 Å². The average Bonchev–Trinajstić information content (AvgIpc) is 2.83. The van der Waals surface area contributed by atoms with Crippen LogP contribution in [0.25, 0.3) is 0 Å². The molecule has 25 heavy (non-hydrogen) atoms. The Bertz CT molecular complexity index is 754. The second-order valence-corrected chi connectivity index (χ2v) is 6.67. The highest BCUT2D eigenvalue weighted by atomic mass is 16.5. The molecule has 6 nitrogen and oxygen atoms in total. The van der Waals surface area contributed by atoms with Gasteiger partial charge in [-0.3, -0.25) is 4.79 Å². The quantitative estimate of drug-likeness (QED) is 0.907. The summed E-state index contributed by atoms with van der Waals surface area (Å²) in [7, 11) is 0. The molecule has 1 aromatic heterocycles. The fraction of sp³-hybridized carbons (Fsp3) is 0.526. The van der Waals surface area contributed by atoms with Gasteiger partial charge in [-0.1, -0.05) is 18.6 Å². The molecule has 0 fully saturated rings. The summed E-state index contributed by atoms with van der Waals surface area (Å²) in [6.07, 6.45) is 3.92. The van der Waals surface area contributed by atoms with Gasteiger partial charge in [0.1, 0.15) is 11.6 Å². The Morgan fingerprint density at radius 1 is 1.28 bits per heavy atom. The van der Waals surface area contributed by atoms with Crippen molar-refractivity contribution in [2.75, 3.05) is 0 Å². The van der Waals surface area contributed by atoms with E-state index in [2.05, 4.69) is 20.1 Å². The molecule has 134 valence electrons. The van der Waals surface area contributed by atoms with Crippen molar-refractivity contribution >= 4 is 5.91 Å². The summed E-state index contributed by atoms with van der Waals surface area (Å²) < 4.78 is 7.98. The van der Waals surface area contributed by atoms with Crippen molar-refractivity contribution in [2.45, 2.75) is 65.6 Å². The van der Waals surface area contributed by atoms with E-state index in [1.54, 1.807) is 6.92 Å². The minimum absolute atomic E-state index is 0.146. The molecule has 6 heteroatoms. The number of amides is 1. The number of ether oxygens (including phenoxy) is 1. The Morgan fingerprint density at radius 2 is 2.12 bits per heavy atom. The zero-order valence-corrected chi connectivity index (χ0v) is 15.2. The molecule has 0 aliphatic carbocycles. The van der Waals surface area contributed by atoms with Crippen LogP contribution < -0.4 is 10.1 Å². The van der Waals surface area contributed by atoms with Gasteiger partial charge in [-0.05, 0) is 50.8 Å². The number of carbonyl (C=O) groups excluding carboxylic acids is 1. The van der Waals surface area contributed by atoms with Crippen LogP contribution in [0.15, 0.2) is 18.2 Å². The van der Waals surface area contributed by atoms with Crippen molar-refractivity contribution in [3.63, 3.8) is 0 Å². The Morgan fingerprint density at radius 3 is 2.96 bits per heavy atom. The predicted molar refractivity (Wildman–Crippen MR) is 95.4 cm³/mol. The van der Waals surface area contributed by atoms with E-state index in [1.807, 2.05) is 32.0 Å². The van der Waals surface area contributed by atoms with E-state index in [0.717, 1.165) is 54.3 Å². The maximum Gasteiger partial charge on any atom is 0.261 e. The van der Waals surface area contributed by atoms with Gasteiger partial charge in [-0.2, -0.15) is 0 Å². The lowest BCUT2D eigenvalue weighted by Crippen LogP contribution is -2.36. The summed E-state index contributed by atoms with van der Waals surface area (Å²) in [6, 6.07) is 5.86. The molecule has 1 N–H and O–H groups in total. The number of nitrogens with zero attached hydrogens (tertiary/aromatic N) is 3. The van der Waals surface area contributed by atoms with E-state index in [4.69, 9.17) is 4.74 Å². The zero-order chi connectivity index (χ0) is 17.8. The molecule has 2 aromatic rings. The Kier molecular flexibility index (Phi) is 5.36. The fourth-order valence-corrected chi connectivity index (χ4v) is 3.08. The van der Waals surface area contributed by atoms with Crippen LogP contribution in [0.5, 0.6) is 5.75 Å². The van der Waals surface area contributed by atoms with E-state index in [0.29, 0.717) is 6.54 Å². The predicted octanol–water partition coefficient (Wildman–Crippen LogP) is 2.71. The molecule has 3 rings (SSSR count). The largest absolute Gasteiger partial charge is 0.481 e. The molecule has 2 heterocycles.